The van der Waals surface area contributed by atoms with Crippen LogP contribution in [-0.4, -0.2) is 47.7 Å². The number of carbonyl (C=O) groups is 1. The molecular formula is C17H23ClF3N5O. The third kappa shape index (κ3) is 4.75. The number of nitrogens with one attached hydrogen (secondary N) is 2. The van der Waals surface area contributed by atoms with Crippen molar-refractivity contribution in [1.29, 1.82) is 0 Å². The Hall–Kier alpha value is -1.77. The number of alkyl halides is 3. The lowest BCUT2D eigenvalue weighted by Crippen LogP contribution is -2.54. The van der Waals surface area contributed by atoms with Crippen LogP contribution in [0.4, 0.5) is 24.9 Å². The van der Waals surface area contributed by atoms with Gasteiger partial charge in [0.25, 0.3) is 0 Å². The van der Waals surface area contributed by atoms with Crippen molar-refractivity contribution in [3.05, 3.63) is 11.2 Å². The van der Waals surface area contributed by atoms with Crippen molar-refractivity contribution >= 4 is 29.3 Å². The Kier molecular flexibility index (Phi) is 5.98. The molecule has 1 aromatic rings. The second-order valence-corrected chi connectivity index (χ2v) is 7.48. The fourth-order valence-corrected chi connectivity index (χ4v) is 4.01. The second-order valence-electron chi connectivity index (χ2n) is 7.10. The lowest BCUT2D eigenvalue weighted by molar-refractivity contribution is -0.156. The highest BCUT2D eigenvalue weighted by molar-refractivity contribution is 6.29. The number of piperidine rings is 1. The molecule has 0 radical (unpaired) electrons. The molecule has 1 amide bonds. The van der Waals surface area contributed by atoms with E-state index in [1.54, 1.807) is 7.05 Å². The first-order valence-electron chi connectivity index (χ1n) is 9.14. The Balaban J connectivity index is 1.82. The predicted molar refractivity (Wildman–Crippen MR) is 96.9 cm³/mol. The first kappa shape index (κ1) is 20.0. The lowest BCUT2D eigenvalue weighted by atomic mass is 9.91. The van der Waals surface area contributed by atoms with Crippen LogP contribution in [0.1, 0.15) is 38.5 Å². The van der Waals surface area contributed by atoms with Crippen LogP contribution in [0.2, 0.25) is 5.15 Å². The molecule has 1 aliphatic carbocycles. The summed E-state index contributed by atoms with van der Waals surface area (Å²) in [6.07, 6.45) is -0.390. The van der Waals surface area contributed by atoms with Gasteiger partial charge in [0, 0.05) is 25.7 Å². The highest BCUT2D eigenvalue weighted by Crippen LogP contribution is 2.37. The normalized spacial score (nSPS) is 24.1. The van der Waals surface area contributed by atoms with Crippen molar-refractivity contribution < 1.29 is 18.0 Å². The highest BCUT2D eigenvalue weighted by Gasteiger charge is 2.48. The molecule has 27 heavy (non-hydrogen) atoms. The van der Waals surface area contributed by atoms with Gasteiger partial charge in [-0.3, -0.25) is 4.79 Å². The monoisotopic (exact) mass is 405 g/mol. The van der Waals surface area contributed by atoms with E-state index in [2.05, 4.69) is 20.6 Å². The number of halogens is 4. The molecule has 3 rings (SSSR count). The number of hydrogen-bond acceptors (Lipinski definition) is 5. The summed E-state index contributed by atoms with van der Waals surface area (Å²) in [5, 5.41) is 5.72. The Morgan fingerprint density at radius 3 is 2.56 bits per heavy atom. The topological polar surface area (TPSA) is 70.2 Å². The number of amides is 1. The van der Waals surface area contributed by atoms with Gasteiger partial charge < -0.3 is 15.5 Å². The van der Waals surface area contributed by atoms with Crippen molar-refractivity contribution in [1.82, 2.24) is 15.3 Å². The van der Waals surface area contributed by atoms with E-state index in [9.17, 15) is 18.0 Å². The van der Waals surface area contributed by atoms with Crippen LogP contribution in [0.25, 0.3) is 0 Å². The summed E-state index contributed by atoms with van der Waals surface area (Å²) in [4.78, 5) is 21.8. The van der Waals surface area contributed by atoms with Crippen LogP contribution >= 0.6 is 11.6 Å². The van der Waals surface area contributed by atoms with Gasteiger partial charge in [-0.15, -0.1) is 0 Å². The van der Waals surface area contributed by atoms with Crippen molar-refractivity contribution in [2.24, 2.45) is 5.92 Å². The minimum Gasteiger partial charge on any atom is -0.357 e. The van der Waals surface area contributed by atoms with E-state index in [-0.39, 0.29) is 48.3 Å². The average Bonchev–Trinajstić information content (AvgIpc) is 3.12. The van der Waals surface area contributed by atoms with Crippen molar-refractivity contribution in [2.75, 3.05) is 23.8 Å². The number of aromatic nitrogens is 2. The molecule has 6 nitrogen and oxygen atoms in total. The molecule has 2 heterocycles. The number of anilines is 2. The summed E-state index contributed by atoms with van der Waals surface area (Å²) < 4.78 is 40.7. The summed E-state index contributed by atoms with van der Waals surface area (Å²) in [6, 6.07) is -0.266. The SMILES string of the molecule is CNc1nc(Cl)cc(N2C[C@@H](C(=O)NC3CCCC3)CC[C@H]2C(F)(F)F)n1. The van der Waals surface area contributed by atoms with Crippen LogP contribution < -0.4 is 15.5 Å². The Labute approximate surface area is 160 Å². The molecule has 2 aliphatic rings. The van der Waals surface area contributed by atoms with Gasteiger partial charge in [-0.2, -0.15) is 18.2 Å². The smallest absolute Gasteiger partial charge is 0.357 e. The molecule has 150 valence electrons. The first-order chi connectivity index (χ1) is 12.8. The molecule has 1 aliphatic heterocycles. The summed E-state index contributed by atoms with van der Waals surface area (Å²) in [5.41, 5.74) is 0. The van der Waals surface area contributed by atoms with Gasteiger partial charge in [-0.05, 0) is 25.7 Å². The van der Waals surface area contributed by atoms with Gasteiger partial charge in [0.05, 0.1) is 5.92 Å². The second kappa shape index (κ2) is 8.08. The molecular weight excluding hydrogens is 383 g/mol. The molecule has 0 unspecified atom stereocenters. The van der Waals surface area contributed by atoms with Gasteiger partial charge >= 0.3 is 6.18 Å². The quantitative estimate of drug-likeness (QED) is 0.751. The van der Waals surface area contributed by atoms with E-state index in [4.69, 9.17) is 11.6 Å². The molecule has 1 saturated heterocycles. The molecule has 10 heteroatoms. The van der Waals surface area contributed by atoms with Gasteiger partial charge in [0.15, 0.2) is 0 Å². The third-order valence-corrected chi connectivity index (χ3v) is 5.42. The van der Waals surface area contributed by atoms with Gasteiger partial charge in [-0.25, -0.2) is 4.98 Å². The Bertz CT molecular complexity index is 681. The zero-order valence-electron chi connectivity index (χ0n) is 15.0. The largest absolute Gasteiger partial charge is 0.408 e. The standard InChI is InChI=1S/C17H23ClF3N5O/c1-22-16-24-13(18)8-14(25-16)26-9-10(6-7-12(26)17(19,20)21)15(27)23-11-4-2-3-5-11/h8,10-12H,2-7,9H2,1H3,(H,23,27)(H,22,24,25)/t10-,12-/m0/s1. The zero-order chi connectivity index (χ0) is 19.6. The van der Waals surface area contributed by atoms with Crippen LogP contribution in [0.3, 0.4) is 0 Å². The van der Waals surface area contributed by atoms with E-state index < -0.39 is 18.1 Å². The van der Waals surface area contributed by atoms with Crippen LogP contribution in [0.5, 0.6) is 0 Å². The maximum Gasteiger partial charge on any atom is 0.408 e. The van der Waals surface area contributed by atoms with E-state index in [1.165, 1.54) is 6.07 Å². The minimum absolute atomic E-state index is 0.0443. The molecule has 0 spiro atoms. The number of nitrogens with zero attached hydrogens (tertiary/aromatic N) is 3. The van der Waals surface area contributed by atoms with Crippen molar-refractivity contribution in [3.63, 3.8) is 0 Å². The molecule has 1 saturated carbocycles. The Morgan fingerprint density at radius 1 is 1.22 bits per heavy atom. The van der Waals surface area contributed by atoms with Crippen LogP contribution in [0.15, 0.2) is 6.07 Å². The highest BCUT2D eigenvalue weighted by atomic mass is 35.5. The molecule has 0 bridgehead atoms. The van der Waals surface area contributed by atoms with Crippen molar-refractivity contribution in [2.45, 2.75) is 56.8 Å². The minimum atomic E-state index is -4.43. The van der Waals surface area contributed by atoms with E-state index in [0.29, 0.717) is 0 Å². The first-order valence-corrected chi connectivity index (χ1v) is 9.52. The average molecular weight is 406 g/mol. The van der Waals surface area contributed by atoms with E-state index in [0.717, 1.165) is 30.6 Å². The molecule has 2 fully saturated rings. The maximum atomic E-state index is 13.6. The fraction of sp³-hybridized carbons (Fsp3) is 0.706. The summed E-state index contributed by atoms with van der Waals surface area (Å²) in [7, 11) is 1.56. The maximum absolute atomic E-state index is 13.6. The van der Waals surface area contributed by atoms with Gasteiger partial charge in [-0.1, -0.05) is 24.4 Å². The Morgan fingerprint density at radius 2 is 1.93 bits per heavy atom. The number of rotatable bonds is 4. The predicted octanol–water partition coefficient (Wildman–Crippen LogP) is 3.38. The van der Waals surface area contributed by atoms with Crippen LogP contribution in [-0.2, 0) is 4.79 Å². The van der Waals surface area contributed by atoms with E-state index in [1.807, 2.05) is 0 Å². The van der Waals surface area contributed by atoms with Crippen molar-refractivity contribution in [3.8, 4) is 0 Å². The lowest BCUT2D eigenvalue weighted by Gasteiger charge is -2.40. The van der Waals surface area contributed by atoms with Gasteiger partial charge in [0.1, 0.15) is 17.0 Å². The van der Waals surface area contributed by atoms with Crippen LogP contribution in [0, 0.1) is 5.92 Å². The molecule has 1 aromatic heterocycles. The summed E-state index contributed by atoms with van der Waals surface area (Å²) in [6.45, 7) is -0.0563. The molecule has 2 atom stereocenters. The van der Waals surface area contributed by atoms with Gasteiger partial charge in [0.2, 0.25) is 11.9 Å². The zero-order valence-corrected chi connectivity index (χ0v) is 15.8. The fourth-order valence-electron chi connectivity index (χ4n) is 3.83. The summed E-state index contributed by atoms with van der Waals surface area (Å²) >= 11 is 5.94. The number of hydrogen-bond donors (Lipinski definition) is 2. The van der Waals surface area contributed by atoms with E-state index >= 15 is 0 Å². The number of carbonyl (C=O) groups excluding carboxylic acids is 1. The summed E-state index contributed by atoms with van der Waals surface area (Å²) in [5.74, 6) is -0.492. The third-order valence-electron chi connectivity index (χ3n) is 5.23. The molecule has 2 N–H and O–H groups in total. The molecule has 0 aromatic carbocycles.